The van der Waals surface area contributed by atoms with Crippen LogP contribution in [0, 0.1) is 19.8 Å². The lowest BCUT2D eigenvalue weighted by Gasteiger charge is -2.44. The zero-order valence-electron chi connectivity index (χ0n) is 20.5. The Morgan fingerprint density at radius 1 is 1.14 bits per heavy atom. The zero-order valence-corrected chi connectivity index (χ0v) is 21.3. The number of amides is 2. The fourth-order valence-electron chi connectivity index (χ4n) is 5.77. The van der Waals surface area contributed by atoms with Gasteiger partial charge in [-0.3, -0.25) is 14.4 Å². The largest absolute Gasteiger partial charge is 0.486 e. The number of hydrogen-bond donors (Lipinski definition) is 0. The summed E-state index contributed by atoms with van der Waals surface area (Å²) < 4.78 is 6.37. The fourth-order valence-corrected chi connectivity index (χ4v) is 5.93. The molecule has 7 heteroatoms. The van der Waals surface area contributed by atoms with E-state index in [1.54, 1.807) is 11.0 Å². The van der Waals surface area contributed by atoms with Crippen LogP contribution in [0.3, 0.4) is 0 Å². The van der Waals surface area contributed by atoms with E-state index in [-0.39, 0.29) is 29.9 Å². The number of hydrogen-bond acceptors (Lipinski definition) is 4. The highest BCUT2D eigenvalue weighted by atomic mass is 35.5. The molecule has 1 unspecified atom stereocenters. The van der Waals surface area contributed by atoms with Gasteiger partial charge in [0.15, 0.2) is 5.78 Å². The van der Waals surface area contributed by atoms with Crippen molar-refractivity contribution >= 4 is 34.9 Å². The molecule has 0 N–H and O–H groups in total. The molecular weight excluding hydrogens is 464 g/mol. The smallest absolute Gasteiger partial charge is 0.228 e. The number of piperidine rings is 1. The number of ketones is 1. The predicted octanol–water partition coefficient (Wildman–Crippen LogP) is 4.90. The molecule has 35 heavy (non-hydrogen) atoms. The van der Waals surface area contributed by atoms with E-state index in [1.807, 2.05) is 43.0 Å². The first-order chi connectivity index (χ1) is 16.7. The maximum absolute atomic E-state index is 13.4. The molecule has 0 saturated carbocycles. The molecule has 0 bridgehead atoms. The van der Waals surface area contributed by atoms with Gasteiger partial charge in [0.1, 0.15) is 11.4 Å². The molecule has 3 aliphatic rings. The van der Waals surface area contributed by atoms with Crippen LogP contribution in [0.25, 0.3) is 0 Å². The van der Waals surface area contributed by atoms with Gasteiger partial charge in [-0.05, 0) is 49.1 Å². The number of aryl methyl sites for hydroxylation is 3. The molecule has 2 aromatic carbocycles. The normalized spacial score (nSPS) is 21.3. The summed E-state index contributed by atoms with van der Waals surface area (Å²) in [6.45, 7) is 7.44. The van der Waals surface area contributed by atoms with E-state index in [4.69, 9.17) is 16.3 Å². The van der Waals surface area contributed by atoms with Crippen LogP contribution in [-0.4, -0.2) is 47.7 Å². The summed E-state index contributed by atoms with van der Waals surface area (Å²) in [6.07, 6.45) is 2.55. The molecule has 2 saturated heterocycles. The second-order valence-electron chi connectivity index (χ2n) is 10.1. The topological polar surface area (TPSA) is 66.9 Å². The van der Waals surface area contributed by atoms with Gasteiger partial charge in [0, 0.05) is 49.6 Å². The van der Waals surface area contributed by atoms with Crippen LogP contribution >= 0.6 is 11.6 Å². The monoisotopic (exact) mass is 494 g/mol. The highest BCUT2D eigenvalue weighted by Gasteiger charge is 2.46. The summed E-state index contributed by atoms with van der Waals surface area (Å²) in [6, 6.07) is 9.61. The maximum atomic E-state index is 13.4. The van der Waals surface area contributed by atoms with Crippen molar-refractivity contribution in [3.05, 3.63) is 57.6 Å². The zero-order chi connectivity index (χ0) is 24.9. The first kappa shape index (κ1) is 23.9. The maximum Gasteiger partial charge on any atom is 0.228 e. The van der Waals surface area contributed by atoms with Crippen LogP contribution in [-0.2, 0) is 16.0 Å². The molecule has 2 fully saturated rings. The number of para-hydroxylation sites is 1. The van der Waals surface area contributed by atoms with Gasteiger partial charge >= 0.3 is 0 Å². The van der Waals surface area contributed by atoms with Crippen LogP contribution in [0.1, 0.15) is 59.7 Å². The minimum Gasteiger partial charge on any atom is -0.486 e. The Kier molecular flexibility index (Phi) is 6.12. The number of carbonyl (C=O) groups is 3. The van der Waals surface area contributed by atoms with Crippen LogP contribution in [0.15, 0.2) is 30.3 Å². The average molecular weight is 495 g/mol. The fraction of sp³-hybridized carbons (Fsp3) is 0.464. The molecule has 3 aliphatic heterocycles. The molecule has 3 heterocycles. The minimum atomic E-state index is -0.587. The number of benzene rings is 2. The number of ether oxygens (including phenoxy) is 1. The lowest BCUT2D eigenvalue weighted by atomic mass is 9.82. The van der Waals surface area contributed by atoms with Gasteiger partial charge in [-0.2, -0.15) is 0 Å². The molecule has 2 aromatic rings. The molecule has 184 valence electrons. The number of carbonyl (C=O) groups excluding carboxylic acids is 3. The third-order valence-corrected chi connectivity index (χ3v) is 8.21. The second-order valence-corrected chi connectivity index (χ2v) is 10.6. The summed E-state index contributed by atoms with van der Waals surface area (Å²) in [5, 5.41) is 0.564. The first-order valence-electron chi connectivity index (χ1n) is 12.4. The van der Waals surface area contributed by atoms with Crippen molar-refractivity contribution in [1.82, 2.24) is 4.90 Å². The van der Waals surface area contributed by atoms with E-state index < -0.39 is 5.60 Å². The third kappa shape index (κ3) is 4.22. The number of anilines is 1. The van der Waals surface area contributed by atoms with Gasteiger partial charge in [0.2, 0.25) is 11.8 Å². The second kappa shape index (κ2) is 8.98. The van der Waals surface area contributed by atoms with Crippen LogP contribution < -0.4 is 9.64 Å². The molecule has 0 aromatic heterocycles. The molecule has 5 rings (SSSR count). The van der Waals surface area contributed by atoms with E-state index in [0.29, 0.717) is 55.2 Å². The van der Waals surface area contributed by atoms with Crippen molar-refractivity contribution < 1.29 is 19.1 Å². The van der Waals surface area contributed by atoms with Crippen molar-refractivity contribution in [3.63, 3.8) is 0 Å². The molecule has 0 aliphatic carbocycles. The minimum absolute atomic E-state index is 0.00711. The van der Waals surface area contributed by atoms with E-state index in [2.05, 4.69) is 6.92 Å². The quantitative estimate of drug-likeness (QED) is 0.608. The van der Waals surface area contributed by atoms with E-state index in [1.165, 1.54) is 0 Å². The molecule has 6 nitrogen and oxygen atoms in total. The molecule has 1 spiro atoms. The summed E-state index contributed by atoms with van der Waals surface area (Å²) in [5.41, 5.74) is 3.96. The SMILES string of the molecule is CCc1cccc(C)c1N1CC(C(=O)N2CCC3(CC2)CC(=O)c2cc(Cl)c(C)cc2O3)CC1=O. The summed E-state index contributed by atoms with van der Waals surface area (Å²) in [4.78, 5) is 42.9. The van der Waals surface area contributed by atoms with Crippen molar-refractivity contribution in [2.75, 3.05) is 24.5 Å². The van der Waals surface area contributed by atoms with E-state index in [9.17, 15) is 14.4 Å². The first-order valence-corrected chi connectivity index (χ1v) is 12.8. The Balaban J connectivity index is 1.27. The average Bonchev–Trinajstić information content (AvgIpc) is 3.21. The van der Waals surface area contributed by atoms with Crippen molar-refractivity contribution in [2.45, 2.75) is 58.5 Å². The Labute approximate surface area is 211 Å². The Morgan fingerprint density at radius 3 is 2.60 bits per heavy atom. The Hall–Kier alpha value is -2.86. The van der Waals surface area contributed by atoms with Crippen LogP contribution in [0.5, 0.6) is 5.75 Å². The van der Waals surface area contributed by atoms with E-state index >= 15 is 0 Å². The van der Waals surface area contributed by atoms with Gasteiger partial charge < -0.3 is 14.5 Å². The predicted molar refractivity (Wildman–Crippen MR) is 135 cm³/mol. The van der Waals surface area contributed by atoms with Crippen molar-refractivity contribution in [3.8, 4) is 5.75 Å². The van der Waals surface area contributed by atoms with Crippen molar-refractivity contribution in [2.24, 2.45) is 5.92 Å². The Morgan fingerprint density at radius 2 is 1.89 bits per heavy atom. The summed E-state index contributed by atoms with van der Waals surface area (Å²) in [7, 11) is 0. The number of fused-ring (bicyclic) bond motifs is 1. The molecular formula is C28H31ClN2O4. The third-order valence-electron chi connectivity index (χ3n) is 7.80. The number of likely N-dealkylation sites (tertiary alicyclic amines) is 1. The highest BCUT2D eigenvalue weighted by molar-refractivity contribution is 6.31. The molecule has 2 amide bonds. The van der Waals surface area contributed by atoms with Gasteiger partial charge in [-0.15, -0.1) is 0 Å². The number of Topliss-reactive ketones (excluding diaryl/α,β-unsaturated/α-hetero) is 1. The van der Waals surface area contributed by atoms with Gasteiger partial charge in [0.25, 0.3) is 0 Å². The number of rotatable bonds is 3. The molecule has 1 atom stereocenters. The highest BCUT2D eigenvalue weighted by Crippen LogP contribution is 2.41. The van der Waals surface area contributed by atoms with Gasteiger partial charge in [-0.25, -0.2) is 0 Å². The Bertz CT molecular complexity index is 1220. The number of nitrogens with zero attached hydrogens (tertiary/aromatic N) is 2. The standard InChI is InChI=1S/C28H31ClN2O4/c1-4-19-7-5-6-17(2)26(19)31-16-20(13-25(31)33)27(34)30-10-8-28(9-11-30)15-23(32)21-14-22(29)18(3)12-24(21)35-28/h5-7,12,14,20H,4,8-11,13,15-16H2,1-3H3. The van der Waals surface area contributed by atoms with Crippen LogP contribution in [0.4, 0.5) is 5.69 Å². The van der Waals surface area contributed by atoms with Gasteiger partial charge in [0.05, 0.1) is 17.9 Å². The summed E-state index contributed by atoms with van der Waals surface area (Å²) >= 11 is 6.21. The van der Waals surface area contributed by atoms with E-state index in [0.717, 1.165) is 28.8 Å². The van der Waals surface area contributed by atoms with Crippen LogP contribution in [0.2, 0.25) is 5.02 Å². The lowest BCUT2D eigenvalue weighted by Crippen LogP contribution is -2.53. The lowest BCUT2D eigenvalue weighted by molar-refractivity contribution is -0.139. The van der Waals surface area contributed by atoms with Crippen molar-refractivity contribution in [1.29, 1.82) is 0 Å². The van der Waals surface area contributed by atoms with Gasteiger partial charge in [-0.1, -0.05) is 36.7 Å². The molecule has 0 radical (unpaired) electrons. The number of halogens is 1. The summed E-state index contributed by atoms with van der Waals surface area (Å²) in [5.74, 6) is 0.306.